The number of halogens is 4. The lowest BCUT2D eigenvalue weighted by atomic mass is 10.1. The molecular weight excluding hydrogens is 460 g/mol. The molecule has 7 nitrogen and oxygen atoms in total. The van der Waals surface area contributed by atoms with Crippen molar-refractivity contribution in [2.75, 3.05) is 18.5 Å². The van der Waals surface area contributed by atoms with Gasteiger partial charge in [0.25, 0.3) is 5.91 Å². The van der Waals surface area contributed by atoms with Crippen LogP contribution < -0.4 is 20.1 Å². The number of hydrogen-bond donors (Lipinski definition) is 2. The van der Waals surface area contributed by atoms with E-state index in [2.05, 4.69) is 20.1 Å². The number of nitrogens with one attached hydrogen (secondary N) is 2. The molecule has 0 radical (unpaired) electrons. The summed E-state index contributed by atoms with van der Waals surface area (Å²) < 4.78 is 64.1. The van der Waals surface area contributed by atoms with Crippen LogP contribution in [-0.2, 0) is 9.53 Å². The zero-order chi connectivity index (χ0) is 24.5. The average Bonchev–Trinajstić information content (AvgIpc) is 3.30. The molecule has 0 unspecified atom stereocenters. The number of carbonyl (C=O) groups excluding carboxylic acids is 2. The number of anilines is 1. The van der Waals surface area contributed by atoms with Gasteiger partial charge >= 0.3 is 13.2 Å². The second-order valence-corrected chi connectivity index (χ2v) is 7.17. The Morgan fingerprint density at radius 1 is 1.09 bits per heavy atom. The summed E-state index contributed by atoms with van der Waals surface area (Å²) in [6.45, 7) is -5.36. The van der Waals surface area contributed by atoms with Crippen molar-refractivity contribution in [2.45, 2.75) is 32.2 Å². The Kier molecular flexibility index (Phi) is 8.86. The minimum Gasteiger partial charge on any atom is -0.435 e. The zero-order valence-electron chi connectivity index (χ0n) is 17.8. The van der Waals surface area contributed by atoms with Gasteiger partial charge in [0.1, 0.15) is 11.5 Å². The molecule has 1 fully saturated rings. The summed E-state index contributed by atoms with van der Waals surface area (Å²) in [5, 5.41) is 5.33. The van der Waals surface area contributed by atoms with Gasteiger partial charge in [0.15, 0.2) is 0 Å². The van der Waals surface area contributed by atoms with Gasteiger partial charge in [0.05, 0.1) is 17.4 Å². The summed E-state index contributed by atoms with van der Waals surface area (Å²) in [7, 11) is 0. The van der Waals surface area contributed by atoms with Gasteiger partial charge in [-0.15, -0.1) is 0 Å². The average molecular weight is 482 g/mol. The maximum Gasteiger partial charge on any atom is 0.387 e. The fourth-order valence-corrected chi connectivity index (χ4v) is 3.26. The molecule has 1 saturated heterocycles. The predicted molar refractivity (Wildman–Crippen MR) is 115 cm³/mol. The van der Waals surface area contributed by atoms with Crippen LogP contribution in [0.5, 0.6) is 11.5 Å². The molecule has 0 spiro atoms. The first-order chi connectivity index (χ1) is 16.3. The Balaban J connectivity index is 1.68. The number of ether oxygens (including phenoxy) is 3. The quantitative estimate of drug-likeness (QED) is 0.386. The minimum absolute atomic E-state index is 0.0275. The number of carbonyl (C=O) groups is 2. The van der Waals surface area contributed by atoms with E-state index in [9.17, 15) is 27.2 Å². The molecule has 11 heteroatoms. The highest BCUT2D eigenvalue weighted by atomic mass is 19.3. The van der Waals surface area contributed by atoms with E-state index in [0.29, 0.717) is 13.2 Å². The summed E-state index contributed by atoms with van der Waals surface area (Å²) in [4.78, 5) is 25.0. The maximum absolute atomic E-state index is 12.7. The van der Waals surface area contributed by atoms with Gasteiger partial charge in [-0.3, -0.25) is 9.59 Å². The van der Waals surface area contributed by atoms with E-state index in [1.54, 1.807) is 18.2 Å². The van der Waals surface area contributed by atoms with Crippen molar-refractivity contribution in [1.82, 2.24) is 5.32 Å². The smallest absolute Gasteiger partial charge is 0.387 e. The maximum atomic E-state index is 12.7. The second kappa shape index (κ2) is 12.0. The zero-order valence-corrected chi connectivity index (χ0v) is 17.8. The van der Waals surface area contributed by atoms with Crippen molar-refractivity contribution < 1.29 is 41.4 Å². The molecule has 3 rings (SSSR count). The first-order valence-corrected chi connectivity index (χ1v) is 10.3. The van der Waals surface area contributed by atoms with E-state index in [4.69, 9.17) is 4.74 Å². The van der Waals surface area contributed by atoms with Crippen molar-refractivity contribution in [1.29, 1.82) is 0 Å². The third-order valence-electron chi connectivity index (χ3n) is 4.78. The van der Waals surface area contributed by atoms with Gasteiger partial charge in [-0.1, -0.05) is 12.1 Å². The SMILES string of the molecule is O=C(/C=C/c1ccc(OC(F)F)cc1OC(F)F)Nc1ccccc1C(=O)NC[C@@H]1CCCO1. The molecule has 2 aromatic carbocycles. The van der Waals surface area contributed by atoms with Crippen LogP contribution in [-0.4, -0.2) is 44.3 Å². The highest BCUT2D eigenvalue weighted by molar-refractivity contribution is 6.07. The molecule has 2 N–H and O–H groups in total. The van der Waals surface area contributed by atoms with Gasteiger partial charge in [0, 0.05) is 30.9 Å². The van der Waals surface area contributed by atoms with Crippen molar-refractivity contribution in [3.05, 3.63) is 59.7 Å². The fourth-order valence-electron chi connectivity index (χ4n) is 3.26. The largest absolute Gasteiger partial charge is 0.435 e. The van der Waals surface area contributed by atoms with E-state index in [-0.39, 0.29) is 28.7 Å². The van der Waals surface area contributed by atoms with Gasteiger partial charge in [-0.05, 0) is 43.2 Å². The Morgan fingerprint density at radius 2 is 1.85 bits per heavy atom. The molecule has 1 aliphatic heterocycles. The highest BCUT2D eigenvalue weighted by Gasteiger charge is 2.18. The molecule has 1 heterocycles. The number of alkyl halides is 4. The van der Waals surface area contributed by atoms with E-state index in [0.717, 1.165) is 31.1 Å². The summed E-state index contributed by atoms with van der Waals surface area (Å²) >= 11 is 0. The van der Waals surface area contributed by atoms with Crippen LogP contribution in [0.4, 0.5) is 23.2 Å². The third kappa shape index (κ3) is 7.48. The molecule has 0 aliphatic carbocycles. The highest BCUT2D eigenvalue weighted by Crippen LogP contribution is 2.28. The first-order valence-electron chi connectivity index (χ1n) is 10.3. The molecular formula is C23H22F4N2O5. The molecule has 182 valence electrons. The lowest BCUT2D eigenvalue weighted by molar-refractivity contribution is -0.111. The first kappa shape index (κ1) is 25.0. The topological polar surface area (TPSA) is 85.9 Å². The van der Waals surface area contributed by atoms with Crippen molar-refractivity contribution >= 4 is 23.6 Å². The van der Waals surface area contributed by atoms with E-state index in [1.165, 1.54) is 18.2 Å². The Bertz CT molecular complexity index is 1030. The molecule has 2 amide bonds. The predicted octanol–water partition coefficient (Wildman–Crippen LogP) is 4.45. The molecule has 34 heavy (non-hydrogen) atoms. The second-order valence-electron chi connectivity index (χ2n) is 7.17. The van der Waals surface area contributed by atoms with E-state index in [1.807, 2.05) is 0 Å². The number of para-hydroxylation sites is 1. The monoisotopic (exact) mass is 482 g/mol. The number of benzene rings is 2. The van der Waals surface area contributed by atoms with Crippen LogP contribution in [0.25, 0.3) is 6.08 Å². The molecule has 0 bridgehead atoms. The van der Waals surface area contributed by atoms with E-state index >= 15 is 0 Å². The number of amides is 2. The molecule has 2 aromatic rings. The third-order valence-corrected chi connectivity index (χ3v) is 4.78. The molecule has 1 aliphatic rings. The number of hydrogen-bond acceptors (Lipinski definition) is 5. The van der Waals surface area contributed by atoms with Crippen LogP contribution in [0, 0.1) is 0 Å². The normalized spacial score (nSPS) is 15.6. The van der Waals surface area contributed by atoms with E-state index < -0.39 is 30.8 Å². The van der Waals surface area contributed by atoms with Gasteiger partial charge in [-0.2, -0.15) is 17.6 Å². The Hall–Kier alpha value is -3.60. The minimum atomic E-state index is -3.22. The fraction of sp³-hybridized carbons (Fsp3) is 0.304. The lowest BCUT2D eigenvalue weighted by Gasteiger charge is -2.13. The standard InChI is InChI=1S/C23H22F4N2O5/c24-22(25)33-15-9-7-14(19(12-15)34-23(26)27)8-10-20(30)29-18-6-2-1-5-17(18)21(31)28-13-16-4-3-11-32-16/h1-2,5-10,12,16,22-23H,3-4,11,13H2,(H,28,31)(H,29,30)/b10-8+/t16-/m0/s1. The Morgan fingerprint density at radius 3 is 2.56 bits per heavy atom. The summed E-state index contributed by atoms with van der Waals surface area (Å²) in [5.41, 5.74) is 0.504. The summed E-state index contributed by atoms with van der Waals surface area (Å²) in [6, 6.07) is 9.52. The van der Waals surface area contributed by atoms with Crippen molar-refractivity contribution in [3.63, 3.8) is 0 Å². The van der Waals surface area contributed by atoms with Crippen LogP contribution in [0.1, 0.15) is 28.8 Å². The van der Waals surface area contributed by atoms with Crippen LogP contribution in [0.2, 0.25) is 0 Å². The molecule has 1 atom stereocenters. The van der Waals surface area contributed by atoms with Crippen LogP contribution in [0.3, 0.4) is 0 Å². The van der Waals surface area contributed by atoms with Gasteiger partial charge in [0.2, 0.25) is 5.91 Å². The van der Waals surface area contributed by atoms with Gasteiger partial charge < -0.3 is 24.8 Å². The lowest BCUT2D eigenvalue weighted by Crippen LogP contribution is -2.32. The molecule has 0 aromatic heterocycles. The Labute approximate surface area is 192 Å². The number of rotatable bonds is 10. The summed E-state index contributed by atoms with van der Waals surface area (Å²) in [5.74, 6) is -1.88. The van der Waals surface area contributed by atoms with Crippen molar-refractivity contribution in [3.8, 4) is 11.5 Å². The van der Waals surface area contributed by atoms with Crippen molar-refractivity contribution in [2.24, 2.45) is 0 Å². The van der Waals surface area contributed by atoms with Gasteiger partial charge in [-0.25, -0.2) is 0 Å². The molecule has 0 saturated carbocycles. The van der Waals surface area contributed by atoms with Crippen LogP contribution >= 0.6 is 0 Å². The van der Waals surface area contributed by atoms with Crippen LogP contribution in [0.15, 0.2) is 48.5 Å². The summed E-state index contributed by atoms with van der Waals surface area (Å²) in [6.07, 6.45) is 3.94.